The SMILES string of the molecule is CCc1cc(O)ccc1-c1ccc2c(C3NC=C(C4=CCN(CC5COCCN5)CC4)N3)[nH]nc2c1F. The molecule has 6 rings (SSSR count). The normalized spacial score (nSPS) is 22.4. The van der Waals surface area contributed by atoms with E-state index < -0.39 is 0 Å². The molecule has 2 aromatic carbocycles. The number of allylic oxidation sites excluding steroid dienone is 1. The highest BCUT2D eigenvalue weighted by atomic mass is 19.1. The van der Waals surface area contributed by atoms with Crippen LogP contribution in [0.2, 0.25) is 0 Å². The van der Waals surface area contributed by atoms with Crippen molar-refractivity contribution in [3.8, 4) is 16.9 Å². The molecule has 3 aliphatic rings. The highest BCUT2D eigenvalue weighted by Gasteiger charge is 2.27. The number of phenols is 1. The third-order valence-electron chi connectivity index (χ3n) is 7.55. The number of ether oxygens (including phenoxy) is 1. The fourth-order valence-electron chi connectivity index (χ4n) is 5.55. The maximum Gasteiger partial charge on any atom is 0.159 e. The van der Waals surface area contributed by atoms with Crippen LogP contribution in [0.5, 0.6) is 5.75 Å². The highest BCUT2D eigenvalue weighted by Crippen LogP contribution is 2.35. The molecule has 0 amide bonds. The van der Waals surface area contributed by atoms with E-state index in [4.69, 9.17) is 4.74 Å². The van der Waals surface area contributed by atoms with Crippen molar-refractivity contribution in [2.24, 2.45) is 0 Å². The van der Waals surface area contributed by atoms with E-state index in [-0.39, 0.29) is 17.7 Å². The fraction of sp³-hybridized carbons (Fsp3) is 0.393. The molecular formula is C28H33FN6O2. The summed E-state index contributed by atoms with van der Waals surface area (Å²) in [5.41, 5.74) is 5.62. The topological polar surface area (TPSA) is 97.5 Å². The molecule has 9 heteroatoms. The van der Waals surface area contributed by atoms with Gasteiger partial charge in [-0.25, -0.2) is 4.39 Å². The average Bonchev–Trinajstić information content (AvgIpc) is 3.58. The van der Waals surface area contributed by atoms with E-state index in [1.54, 1.807) is 24.3 Å². The van der Waals surface area contributed by atoms with Crippen LogP contribution in [0.4, 0.5) is 4.39 Å². The summed E-state index contributed by atoms with van der Waals surface area (Å²) in [5, 5.41) is 28.4. The van der Waals surface area contributed by atoms with Crippen LogP contribution in [0.25, 0.3) is 22.0 Å². The van der Waals surface area contributed by atoms with Crippen molar-refractivity contribution in [3.05, 3.63) is 71.0 Å². The van der Waals surface area contributed by atoms with Gasteiger partial charge < -0.3 is 25.8 Å². The number of nitrogens with one attached hydrogen (secondary N) is 4. The van der Waals surface area contributed by atoms with Crippen LogP contribution < -0.4 is 16.0 Å². The van der Waals surface area contributed by atoms with Gasteiger partial charge in [0.15, 0.2) is 5.82 Å². The van der Waals surface area contributed by atoms with Gasteiger partial charge in [-0.05, 0) is 47.7 Å². The molecule has 0 spiro atoms. The summed E-state index contributed by atoms with van der Waals surface area (Å²) in [7, 11) is 0. The summed E-state index contributed by atoms with van der Waals surface area (Å²) < 4.78 is 21.2. The maximum atomic E-state index is 15.6. The van der Waals surface area contributed by atoms with Crippen LogP contribution in [0.1, 0.15) is 30.8 Å². The molecule has 2 unspecified atom stereocenters. The molecule has 0 radical (unpaired) electrons. The van der Waals surface area contributed by atoms with Crippen LogP contribution in [0, 0.1) is 5.82 Å². The Morgan fingerprint density at radius 3 is 2.89 bits per heavy atom. The molecule has 0 saturated carbocycles. The zero-order valence-electron chi connectivity index (χ0n) is 21.0. The number of aromatic nitrogens is 2. The number of halogens is 1. The van der Waals surface area contributed by atoms with E-state index >= 15 is 4.39 Å². The Kier molecular flexibility index (Phi) is 6.58. The quantitative estimate of drug-likeness (QED) is 0.352. The molecule has 1 aromatic heterocycles. The number of H-pyrrole nitrogens is 1. The van der Waals surface area contributed by atoms with Gasteiger partial charge in [0.05, 0.1) is 24.6 Å². The van der Waals surface area contributed by atoms with Gasteiger partial charge in [0.25, 0.3) is 0 Å². The number of hydrogen-bond acceptors (Lipinski definition) is 7. The Morgan fingerprint density at radius 1 is 1.22 bits per heavy atom. The van der Waals surface area contributed by atoms with Crippen molar-refractivity contribution in [2.45, 2.75) is 32.0 Å². The van der Waals surface area contributed by atoms with Crippen LogP contribution in [0.3, 0.4) is 0 Å². The number of fused-ring (bicyclic) bond motifs is 1. The van der Waals surface area contributed by atoms with E-state index in [9.17, 15) is 5.11 Å². The van der Waals surface area contributed by atoms with Gasteiger partial charge in [0.1, 0.15) is 17.4 Å². The lowest BCUT2D eigenvalue weighted by molar-refractivity contribution is 0.0630. The monoisotopic (exact) mass is 504 g/mol. The summed E-state index contributed by atoms with van der Waals surface area (Å²) in [5.74, 6) is -0.179. The third kappa shape index (κ3) is 4.70. The number of rotatable bonds is 6. The minimum atomic E-state index is -0.362. The molecule has 1 saturated heterocycles. The Balaban J connectivity index is 1.16. The number of morpholine rings is 1. The molecule has 5 N–H and O–H groups in total. The van der Waals surface area contributed by atoms with Crippen LogP contribution in [-0.2, 0) is 11.2 Å². The molecule has 37 heavy (non-hydrogen) atoms. The number of aryl methyl sites for hydroxylation is 1. The van der Waals surface area contributed by atoms with Gasteiger partial charge in [-0.15, -0.1) is 0 Å². The van der Waals surface area contributed by atoms with Crippen molar-refractivity contribution in [2.75, 3.05) is 39.4 Å². The van der Waals surface area contributed by atoms with E-state index in [0.29, 0.717) is 23.5 Å². The predicted molar refractivity (Wildman–Crippen MR) is 141 cm³/mol. The predicted octanol–water partition coefficient (Wildman–Crippen LogP) is 3.29. The van der Waals surface area contributed by atoms with E-state index in [1.165, 1.54) is 5.57 Å². The number of benzene rings is 2. The van der Waals surface area contributed by atoms with E-state index in [1.807, 2.05) is 19.2 Å². The maximum absolute atomic E-state index is 15.6. The smallest absolute Gasteiger partial charge is 0.159 e. The summed E-state index contributed by atoms with van der Waals surface area (Å²) in [6, 6.07) is 9.16. The third-order valence-corrected chi connectivity index (χ3v) is 7.55. The molecule has 2 atom stereocenters. The molecule has 0 aliphatic carbocycles. The summed E-state index contributed by atoms with van der Waals surface area (Å²) in [4.78, 5) is 2.46. The van der Waals surface area contributed by atoms with Crippen molar-refractivity contribution in [1.82, 2.24) is 31.0 Å². The van der Waals surface area contributed by atoms with Crippen molar-refractivity contribution in [1.29, 1.82) is 0 Å². The first-order valence-electron chi connectivity index (χ1n) is 13.0. The van der Waals surface area contributed by atoms with Gasteiger partial charge in [0, 0.05) is 49.4 Å². The summed E-state index contributed by atoms with van der Waals surface area (Å²) >= 11 is 0. The number of nitrogens with zero attached hydrogens (tertiary/aromatic N) is 2. The van der Waals surface area contributed by atoms with Gasteiger partial charge in [0.2, 0.25) is 0 Å². The summed E-state index contributed by atoms with van der Waals surface area (Å²) in [6.07, 6.45) is 5.74. The Morgan fingerprint density at radius 2 is 2.11 bits per heavy atom. The molecule has 4 heterocycles. The molecule has 194 valence electrons. The van der Waals surface area contributed by atoms with Gasteiger partial charge >= 0.3 is 0 Å². The minimum absolute atomic E-state index is 0.183. The molecular weight excluding hydrogens is 471 g/mol. The first-order valence-corrected chi connectivity index (χ1v) is 13.0. The largest absolute Gasteiger partial charge is 0.508 e. The van der Waals surface area contributed by atoms with Crippen LogP contribution in [-0.4, -0.2) is 65.6 Å². The standard InChI is InChI=1S/C28H33FN6O2/c1-2-17-13-20(36)3-4-21(17)22-5-6-23-26(25(22)29)33-34-27(23)28-31-14-24(32-28)18-7-10-35(11-8-18)15-19-16-37-12-9-30-19/h3-7,13-14,19,28,30-32,36H,2,8-12,15-16H2,1H3,(H,33,34). The highest BCUT2D eigenvalue weighted by molar-refractivity contribution is 5.88. The van der Waals surface area contributed by atoms with Crippen LogP contribution >= 0.6 is 0 Å². The fourth-order valence-corrected chi connectivity index (χ4v) is 5.55. The second-order valence-electron chi connectivity index (χ2n) is 9.92. The van der Waals surface area contributed by atoms with Gasteiger partial charge in [-0.3, -0.25) is 10.00 Å². The number of hydrogen-bond donors (Lipinski definition) is 5. The first-order chi connectivity index (χ1) is 18.1. The molecule has 8 nitrogen and oxygen atoms in total. The van der Waals surface area contributed by atoms with E-state index in [0.717, 1.165) is 73.7 Å². The van der Waals surface area contributed by atoms with E-state index in [2.05, 4.69) is 37.1 Å². The number of aromatic hydroxyl groups is 1. The van der Waals surface area contributed by atoms with Gasteiger partial charge in [-0.2, -0.15) is 5.10 Å². The first kappa shape index (κ1) is 24.0. The zero-order chi connectivity index (χ0) is 25.4. The molecule has 3 aromatic rings. The lowest BCUT2D eigenvalue weighted by Crippen LogP contribution is -2.49. The molecule has 0 bridgehead atoms. The number of aromatic amines is 1. The Bertz CT molecular complexity index is 1360. The molecule has 3 aliphatic heterocycles. The Hall–Kier alpha value is -3.40. The van der Waals surface area contributed by atoms with Crippen LogP contribution in [0.15, 0.2) is 53.9 Å². The zero-order valence-corrected chi connectivity index (χ0v) is 21.0. The average molecular weight is 505 g/mol. The van der Waals surface area contributed by atoms with Crippen molar-refractivity contribution < 1.29 is 14.2 Å². The minimum Gasteiger partial charge on any atom is -0.508 e. The molecule has 1 fully saturated rings. The number of phenolic OH excluding ortho intramolecular Hbond substituents is 1. The Labute approximate surface area is 215 Å². The second kappa shape index (κ2) is 10.2. The lowest BCUT2D eigenvalue weighted by Gasteiger charge is -2.32. The van der Waals surface area contributed by atoms with Crippen molar-refractivity contribution in [3.63, 3.8) is 0 Å². The van der Waals surface area contributed by atoms with Crippen molar-refractivity contribution >= 4 is 10.9 Å². The second-order valence-corrected chi connectivity index (χ2v) is 9.92. The van der Waals surface area contributed by atoms with Gasteiger partial charge in [-0.1, -0.05) is 25.1 Å². The summed E-state index contributed by atoms with van der Waals surface area (Å²) in [6.45, 7) is 7.40. The lowest BCUT2D eigenvalue weighted by atomic mass is 9.96.